The number of rotatable bonds is 4. The second kappa shape index (κ2) is 9.55. The van der Waals surface area contributed by atoms with E-state index in [1.165, 1.54) is 11.3 Å². The average Bonchev–Trinajstić information content (AvgIpc) is 3.27. The van der Waals surface area contributed by atoms with E-state index in [9.17, 15) is 4.79 Å². The lowest BCUT2D eigenvalue weighted by Crippen LogP contribution is -2.49. The Labute approximate surface area is 229 Å². The van der Waals surface area contributed by atoms with Gasteiger partial charge in [-0.2, -0.15) is 5.26 Å². The molecule has 198 valence electrons. The number of urea groups is 1. The molecular weight excluding hydrogens is 484 g/mol. The van der Waals surface area contributed by atoms with Crippen LogP contribution in [0.2, 0.25) is 0 Å². The van der Waals surface area contributed by atoms with E-state index in [4.69, 9.17) is 10.2 Å². The summed E-state index contributed by atoms with van der Waals surface area (Å²) in [6, 6.07) is 20.9. The number of carbonyl (C=O) groups excluding carboxylic acids is 1. The Kier molecular flexibility index (Phi) is 6.16. The number of nitrogens with one attached hydrogen (secondary N) is 1. The van der Waals surface area contributed by atoms with Crippen LogP contribution in [0.4, 0.5) is 10.5 Å². The van der Waals surface area contributed by atoms with E-state index < -0.39 is 5.54 Å². The Morgan fingerprint density at radius 3 is 2.51 bits per heavy atom. The molecule has 7 heteroatoms. The van der Waals surface area contributed by atoms with E-state index in [2.05, 4.69) is 78.1 Å². The Bertz CT molecular complexity index is 1600. The topological polar surface area (TPSA) is 77.2 Å². The molecule has 0 unspecified atom stereocenters. The number of fused-ring (bicyclic) bond motifs is 2. The monoisotopic (exact) mass is 518 g/mol. The van der Waals surface area contributed by atoms with Crippen LogP contribution >= 0.6 is 0 Å². The summed E-state index contributed by atoms with van der Waals surface area (Å²) in [7, 11) is 3.95. The van der Waals surface area contributed by atoms with Crippen LogP contribution in [0.25, 0.3) is 22.2 Å². The molecule has 2 aliphatic rings. The summed E-state index contributed by atoms with van der Waals surface area (Å²) >= 11 is 0. The summed E-state index contributed by atoms with van der Waals surface area (Å²) in [6.45, 7) is 7.15. The number of nitriles is 1. The number of pyridine rings is 1. The summed E-state index contributed by atoms with van der Waals surface area (Å²) in [5.74, 6) is 0.548. The quantitative estimate of drug-likeness (QED) is 0.349. The normalized spacial score (nSPS) is 17.6. The molecule has 2 aromatic heterocycles. The SMILES string of the molecule is CN1C(=O)Nc2ccc(-c3ccnc4c3cc(CN3CCC(c5ccc(C#N)cc5)CC3)n4C)cc2C1(C)C. The molecule has 4 heterocycles. The lowest BCUT2D eigenvalue weighted by molar-refractivity contribution is 0.164. The number of likely N-dealkylation sites (tertiary alicyclic amines) is 1. The molecule has 1 N–H and O–H groups in total. The van der Waals surface area contributed by atoms with Crippen molar-refractivity contribution in [3.05, 3.63) is 83.2 Å². The number of piperidine rings is 1. The minimum Gasteiger partial charge on any atom is -0.331 e. The highest BCUT2D eigenvalue weighted by Crippen LogP contribution is 2.40. The fourth-order valence-corrected chi connectivity index (χ4v) is 6.12. The number of carbonyl (C=O) groups is 1. The summed E-state index contributed by atoms with van der Waals surface area (Å²) in [6.07, 6.45) is 4.13. The average molecular weight is 519 g/mol. The molecule has 0 bridgehead atoms. The van der Waals surface area contributed by atoms with Crippen LogP contribution in [0, 0.1) is 11.3 Å². The van der Waals surface area contributed by atoms with Gasteiger partial charge in [0.15, 0.2) is 0 Å². The zero-order valence-electron chi connectivity index (χ0n) is 23.0. The van der Waals surface area contributed by atoms with E-state index in [1.54, 1.807) is 4.90 Å². The first kappa shape index (κ1) is 25.1. The molecule has 0 radical (unpaired) electrons. The molecule has 4 aromatic rings. The summed E-state index contributed by atoms with van der Waals surface area (Å²) < 4.78 is 2.22. The second-order valence-electron chi connectivity index (χ2n) is 11.4. The van der Waals surface area contributed by atoms with E-state index in [0.29, 0.717) is 5.92 Å². The standard InChI is InChI=1S/C32H34N6O/c1-32(2)28-17-24(9-10-29(28)35-31(39)37(32)4)26-11-14-34-30-27(26)18-25(36(30)3)20-38-15-12-23(13-16-38)22-7-5-21(19-33)6-8-22/h5-11,14,17-18,23H,12-13,15-16,20H2,1-4H3,(H,35,39). The van der Waals surface area contributed by atoms with Crippen molar-refractivity contribution < 1.29 is 4.79 Å². The number of benzene rings is 2. The highest BCUT2D eigenvalue weighted by atomic mass is 16.2. The van der Waals surface area contributed by atoms with Gasteiger partial charge >= 0.3 is 6.03 Å². The van der Waals surface area contributed by atoms with Crippen molar-refractivity contribution >= 4 is 22.8 Å². The summed E-state index contributed by atoms with van der Waals surface area (Å²) in [5, 5.41) is 13.2. The second-order valence-corrected chi connectivity index (χ2v) is 11.4. The lowest BCUT2D eigenvalue weighted by atomic mass is 9.87. The maximum absolute atomic E-state index is 12.4. The molecule has 0 aliphatic carbocycles. The van der Waals surface area contributed by atoms with Crippen molar-refractivity contribution in [2.75, 3.05) is 25.5 Å². The van der Waals surface area contributed by atoms with E-state index in [1.807, 2.05) is 31.4 Å². The Morgan fingerprint density at radius 1 is 1.05 bits per heavy atom. The number of nitrogens with zero attached hydrogens (tertiary/aromatic N) is 5. The van der Waals surface area contributed by atoms with Crippen LogP contribution in [-0.2, 0) is 19.1 Å². The fourth-order valence-electron chi connectivity index (χ4n) is 6.12. The first-order valence-corrected chi connectivity index (χ1v) is 13.6. The maximum Gasteiger partial charge on any atom is 0.322 e. The third-order valence-electron chi connectivity index (χ3n) is 8.89. The largest absolute Gasteiger partial charge is 0.331 e. The fraction of sp³-hybridized carbons (Fsp3) is 0.344. The highest BCUT2D eigenvalue weighted by Gasteiger charge is 2.36. The molecule has 7 nitrogen and oxygen atoms in total. The van der Waals surface area contributed by atoms with Gasteiger partial charge in [0.1, 0.15) is 5.65 Å². The molecular formula is C32H34N6O. The van der Waals surface area contributed by atoms with Gasteiger partial charge in [-0.1, -0.05) is 18.2 Å². The predicted octanol–water partition coefficient (Wildman–Crippen LogP) is 6.20. The van der Waals surface area contributed by atoms with Gasteiger partial charge in [-0.3, -0.25) is 4.90 Å². The van der Waals surface area contributed by atoms with Crippen LogP contribution in [0.3, 0.4) is 0 Å². The molecule has 2 aliphatic heterocycles. The van der Waals surface area contributed by atoms with E-state index in [-0.39, 0.29) is 6.03 Å². The lowest BCUT2D eigenvalue weighted by Gasteiger charge is -2.41. The number of aryl methyl sites for hydroxylation is 1. The van der Waals surface area contributed by atoms with Crippen molar-refractivity contribution in [2.24, 2.45) is 7.05 Å². The van der Waals surface area contributed by atoms with Crippen LogP contribution in [0.15, 0.2) is 60.8 Å². The van der Waals surface area contributed by atoms with Crippen LogP contribution in [0.5, 0.6) is 0 Å². The van der Waals surface area contributed by atoms with Crippen LogP contribution in [0.1, 0.15) is 55.0 Å². The van der Waals surface area contributed by atoms with Crippen LogP contribution < -0.4 is 5.32 Å². The minimum absolute atomic E-state index is 0.0832. The van der Waals surface area contributed by atoms with Gasteiger partial charge in [-0.05, 0) is 98.8 Å². The van der Waals surface area contributed by atoms with Gasteiger partial charge in [-0.15, -0.1) is 0 Å². The zero-order valence-corrected chi connectivity index (χ0v) is 23.0. The van der Waals surface area contributed by atoms with Gasteiger partial charge in [0, 0.05) is 49.2 Å². The number of amides is 2. The number of anilines is 1. The predicted molar refractivity (Wildman–Crippen MR) is 154 cm³/mol. The van der Waals surface area contributed by atoms with Gasteiger partial charge < -0.3 is 14.8 Å². The molecule has 0 saturated carbocycles. The van der Waals surface area contributed by atoms with E-state index >= 15 is 0 Å². The van der Waals surface area contributed by atoms with Gasteiger partial charge in [0.25, 0.3) is 0 Å². The maximum atomic E-state index is 12.4. The van der Waals surface area contributed by atoms with Crippen molar-refractivity contribution in [1.29, 1.82) is 5.26 Å². The summed E-state index contributed by atoms with van der Waals surface area (Å²) in [5.41, 5.74) is 8.14. The Morgan fingerprint density at radius 2 is 1.79 bits per heavy atom. The van der Waals surface area contributed by atoms with Gasteiger partial charge in [0.2, 0.25) is 0 Å². The number of aromatic nitrogens is 2. The Hall–Kier alpha value is -4.15. The minimum atomic E-state index is -0.411. The molecule has 2 aromatic carbocycles. The van der Waals surface area contributed by atoms with Crippen molar-refractivity contribution in [2.45, 2.75) is 44.7 Å². The number of hydrogen-bond donors (Lipinski definition) is 1. The first-order valence-electron chi connectivity index (χ1n) is 13.6. The third kappa shape index (κ3) is 4.35. The molecule has 6 rings (SSSR count). The molecule has 2 amide bonds. The highest BCUT2D eigenvalue weighted by molar-refractivity contribution is 5.97. The molecule has 1 fully saturated rings. The molecule has 39 heavy (non-hydrogen) atoms. The number of hydrogen-bond acceptors (Lipinski definition) is 4. The summed E-state index contributed by atoms with van der Waals surface area (Å²) in [4.78, 5) is 21.4. The first-order chi connectivity index (χ1) is 18.8. The zero-order chi connectivity index (χ0) is 27.3. The van der Waals surface area contributed by atoms with Crippen molar-refractivity contribution in [3.8, 4) is 17.2 Å². The van der Waals surface area contributed by atoms with Crippen molar-refractivity contribution in [1.82, 2.24) is 19.4 Å². The van der Waals surface area contributed by atoms with E-state index in [0.717, 1.165) is 71.5 Å². The van der Waals surface area contributed by atoms with Gasteiger partial charge in [-0.25, -0.2) is 9.78 Å². The smallest absolute Gasteiger partial charge is 0.322 e. The van der Waals surface area contributed by atoms with Gasteiger partial charge in [0.05, 0.1) is 17.2 Å². The Balaban J connectivity index is 1.24. The van der Waals surface area contributed by atoms with Crippen LogP contribution in [-0.4, -0.2) is 45.5 Å². The molecule has 1 saturated heterocycles. The van der Waals surface area contributed by atoms with Crippen molar-refractivity contribution in [3.63, 3.8) is 0 Å². The molecule has 0 spiro atoms. The molecule has 0 atom stereocenters. The third-order valence-corrected chi connectivity index (χ3v) is 8.89.